The number of carbonyl (C=O) groups excluding carboxylic acids is 8. The SMILES string of the molecule is CCCC[C@H](NC(=O)[C@H](CC(C)C)NC(=O)[C@@H](NC(=O)[C@H](Cc1ccccc1C)NC(=O)[C@H](CCC(=O)O)NC(=O)[C@H](CC(=O)O)NC(=O)C1(c2ccccc2)CC1)C(C)(C)C)C(=O)C(N)=O. The smallest absolute Gasteiger partial charge is 0.305 e. The van der Waals surface area contributed by atoms with Gasteiger partial charge in [-0.05, 0) is 67.1 Å². The van der Waals surface area contributed by atoms with Crippen LogP contribution >= 0.6 is 0 Å². The number of carboxylic acids is 2. The third-order valence-corrected chi connectivity index (χ3v) is 11.6. The molecule has 2 aromatic rings. The van der Waals surface area contributed by atoms with Crippen LogP contribution in [0.2, 0.25) is 0 Å². The molecular weight excluding hydrogens is 867 g/mol. The zero-order chi connectivity index (χ0) is 50.2. The Labute approximate surface area is 390 Å². The Morgan fingerprint density at radius 3 is 1.73 bits per heavy atom. The number of carboxylic acid groups (broad SMARTS) is 2. The largest absolute Gasteiger partial charge is 0.481 e. The van der Waals surface area contributed by atoms with E-state index in [4.69, 9.17) is 5.73 Å². The first-order chi connectivity index (χ1) is 31.4. The topological polar surface area (TPSA) is 309 Å². The highest BCUT2D eigenvalue weighted by Gasteiger charge is 2.52. The number of amides is 7. The molecule has 0 saturated heterocycles. The predicted octanol–water partition coefficient (Wildman–Crippen LogP) is 1.85. The van der Waals surface area contributed by atoms with Crippen LogP contribution in [0.3, 0.4) is 0 Å². The van der Waals surface area contributed by atoms with Crippen LogP contribution in [0.25, 0.3) is 0 Å². The number of nitrogens with one attached hydrogen (secondary N) is 6. The van der Waals surface area contributed by atoms with E-state index < -0.39 is 125 Å². The molecule has 1 fully saturated rings. The first-order valence-corrected chi connectivity index (χ1v) is 22.6. The van der Waals surface area contributed by atoms with Gasteiger partial charge in [0.05, 0.1) is 17.9 Å². The van der Waals surface area contributed by atoms with Crippen LogP contribution < -0.4 is 37.6 Å². The molecular formula is C48H67N7O12. The van der Waals surface area contributed by atoms with Gasteiger partial charge in [0.25, 0.3) is 5.91 Å². The van der Waals surface area contributed by atoms with Crippen LogP contribution in [0.5, 0.6) is 0 Å². The summed E-state index contributed by atoms with van der Waals surface area (Å²) in [6.07, 6.45) is 0.150. The molecule has 366 valence electrons. The number of hydrogen-bond acceptors (Lipinski definition) is 10. The molecule has 67 heavy (non-hydrogen) atoms. The minimum absolute atomic E-state index is 0.105. The van der Waals surface area contributed by atoms with Crippen LogP contribution in [0.4, 0.5) is 0 Å². The highest BCUT2D eigenvalue weighted by Crippen LogP contribution is 2.48. The normalized spacial score (nSPS) is 15.5. The molecule has 1 saturated carbocycles. The number of nitrogens with two attached hydrogens (primary N) is 1. The molecule has 10 N–H and O–H groups in total. The molecule has 2 aromatic carbocycles. The number of Topliss-reactive ketones (excluding diaryl/α,β-unsaturated/α-hetero) is 1. The molecule has 0 bridgehead atoms. The summed E-state index contributed by atoms with van der Waals surface area (Å²) in [7, 11) is 0. The van der Waals surface area contributed by atoms with Gasteiger partial charge in [0.1, 0.15) is 30.2 Å². The lowest BCUT2D eigenvalue weighted by Crippen LogP contribution is -2.62. The van der Waals surface area contributed by atoms with Crippen LogP contribution in [0.1, 0.15) is 116 Å². The summed E-state index contributed by atoms with van der Waals surface area (Å²) in [6.45, 7) is 12.2. The van der Waals surface area contributed by atoms with E-state index in [2.05, 4.69) is 31.9 Å². The van der Waals surface area contributed by atoms with E-state index in [0.717, 1.165) is 5.56 Å². The quantitative estimate of drug-likeness (QED) is 0.0580. The van der Waals surface area contributed by atoms with E-state index in [0.29, 0.717) is 36.8 Å². The monoisotopic (exact) mass is 933 g/mol. The second-order valence-corrected chi connectivity index (χ2v) is 18.7. The van der Waals surface area contributed by atoms with Crippen LogP contribution in [-0.4, -0.2) is 106 Å². The van der Waals surface area contributed by atoms with Crippen molar-refractivity contribution in [2.75, 3.05) is 0 Å². The van der Waals surface area contributed by atoms with E-state index >= 15 is 0 Å². The van der Waals surface area contributed by atoms with Crippen molar-refractivity contribution in [1.29, 1.82) is 0 Å². The number of carbonyl (C=O) groups is 10. The van der Waals surface area contributed by atoms with Gasteiger partial charge in [0, 0.05) is 12.8 Å². The lowest BCUT2D eigenvalue weighted by atomic mass is 9.85. The van der Waals surface area contributed by atoms with Crippen LogP contribution in [0.15, 0.2) is 54.6 Å². The number of primary amides is 1. The van der Waals surface area contributed by atoms with Gasteiger partial charge in [-0.1, -0.05) is 109 Å². The molecule has 0 aliphatic heterocycles. The van der Waals surface area contributed by atoms with E-state index in [1.54, 1.807) is 96.1 Å². The highest BCUT2D eigenvalue weighted by molar-refractivity contribution is 6.37. The molecule has 7 amide bonds. The summed E-state index contributed by atoms with van der Waals surface area (Å²) < 4.78 is 0. The third-order valence-electron chi connectivity index (χ3n) is 11.6. The van der Waals surface area contributed by atoms with Gasteiger partial charge in [0.2, 0.25) is 41.2 Å². The molecule has 1 aliphatic rings. The summed E-state index contributed by atoms with van der Waals surface area (Å²) in [5, 5.41) is 34.8. The lowest BCUT2D eigenvalue weighted by molar-refractivity contribution is -0.141. The van der Waals surface area contributed by atoms with Crippen molar-refractivity contribution in [2.45, 2.75) is 154 Å². The van der Waals surface area contributed by atoms with Gasteiger partial charge < -0.3 is 47.8 Å². The van der Waals surface area contributed by atoms with E-state index in [-0.39, 0.29) is 25.2 Å². The average molecular weight is 934 g/mol. The summed E-state index contributed by atoms with van der Waals surface area (Å²) in [5.74, 6) is -10.2. The van der Waals surface area contributed by atoms with Crippen molar-refractivity contribution in [3.05, 3.63) is 71.3 Å². The first-order valence-electron chi connectivity index (χ1n) is 22.6. The number of unbranched alkanes of at least 4 members (excludes halogenated alkanes) is 1. The van der Waals surface area contributed by atoms with Crippen molar-refractivity contribution >= 4 is 59.1 Å². The van der Waals surface area contributed by atoms with Gasteiger partial charge in [-0.15, -0.1) is 0 Å². The van der Waals surface area contributed by atoms with Crippen molar-refractivity contribution in [1.82, 2.24) is 31.9 Å². The van der Waals surface area contributed by atoms with Gasteiger partial charge in [-0.25, -0.2) is 0 Å². The van der Waals surface area contributed by atoms with Crippen molar-refractivity contribution < 1.29 is 58.2 Å². The maximum absolute atomic E-state index is 14.5. The predicted molar refractivity (Wildman–Crippen MR) is 246 cm³/mol. The Morgan fingerprint density at radius 1 is 0.657 bits per heavy atom. The van der Waals surface area contributed by atoms with E-state index in [9.17, 15) is 58.2 Å². The van der Waals surface area contributed by atoms with Gasteiger partial charge in [-0.3, -0.25) is 47.9 Å². The Kier molecular flexibility index (Phi) is 20.2. The molecule has 0 aromatic heterocycles. The van der Waals surface area contributed by atoms with Gasteiger partial charge >= 0.3 is 11.9 Å². The fraction of sp³-hybridized carbons (Fsp3) is 0.542. The summed E-state index contributed by atoms with van der Waals surface area (Å²) in [5.41, 5.74) is 5.27. The second-order valence-electron chi connectivity index (χ2n) is 18.7. The molecule has 0 unspecified atom stereocenters. The zero-order valence-corrected chi connectivity index (χ0v) is 39.4. The second kappa shape index (κ2) is 24.7. The van der Waals surface area contributed by atoms with E-state index in [1.165, 1.54) is 0 Å². The lowest BCUT2D eigenvalue weighted by Gasteiger charge is -2.34. The Morgan fingerprint density at radius 2 is 1.19 bits per heavy atom. The van der Waals surface area contributed by atoms with Crippen molar-refractivity contribution in [3.8, 4) is 0 Å². The minimum atomic E-state index is -1.67. The molecule has 3 rings (SSSR count). The van der Waals surface area contributed by atoms with E-state index in [1.807, 2.05) is 6.92 Å². The number of hydrogen-bond donors (Lipinski definition) is 9. The maximum Gasteiger partial charge on any atom is 0.305 e. The average Bonchev–Trinajstić information content (AvgIpc) is 4.07. The number of aryl methyl sites for hydroxylation is 1. The zero-order valence-electron chi connectivity index (χ0n) is 39.4. The summed E-state index contributed by atoms with van der Waals surface area (Å²) >= 11 is 0. The molecule has 0 heterocycles. The Balaban J connectivity index is 1.94. The molecule has 0 spiro atoms. The minimum Gasteiger partial charge on any atom is -0.481 e. The fourth-order valence-corrected chi connectivity index (χ4v) is 7.56. The van der Waals surface area contributed by atoms with Crippen molar-refractivity contribution in [2.24, 2.45) is 17.1 Å². The molecule has 6 atom stereocenters. The van der Waals surface area contributed by atoms with Gasteiger partial charge in [0.15, 0.2) is 0 Å². The van der Waals surface area contributed by atoms with Crippen LogP contribution in [-0.2, 0) is 59.8 Å². The van der Waals surface area contributed by atoms with Crippen LogP contribution in [0, 0.1) is 18.3 Å². The number of aliphatic carboxylic acids is 2. The summed E-state index contributed by atoms with van der Waals surface area (Å²) in [6, 6.07) is 7.16. The summed E-state index contributed by atoms with van der Waals surface area (Å²) in [4.78, 5) is 132. The van der Waals surface area contributed by atoms with Crippen molar-refractivity contribution in [3.63, 3.8) is 0 Å². The Bertz CT molecular complexity index is 2130. The number of benzene rings is 2. The fourth-order valence-electron chi connectivity index (χ4n) is 7.56. The molecule has 1 aliphatic carbocycles. The highest BCUT2D eigenvalue weighted by atomic mass is 16.4. The third kappa shape index (κ3) is 16.6. The number of rotatable bonds is 27. The number of ketones is 1. The van der Waals surface area contributed by atoms with Gasteiger partial charge in [-0.2, -0.15) is 0 Å². The first kappa shape index (κ1) is 54.7. The molecule has 19 heteroatoms. The standard InChI is InChI=1S/C48H67N7O12/c1-8-9-19-31(38(60)40(49)61)50-42(63)33(24-27(2)3)53-45(66)39(47(5,6)7)55-44(65)34(25-29-16-14-13-15-28(29)4)52-41(62)32(20-21-36(56)57)51-43(64)35(26-37(58)59)54-46(67)48(22-23-48)30-17-11-10-12-18-30/h10-18,27,31-35,39H,8-9,19-26H2,1-7H3,(H2,49,61)(H,50,63)(H,51,64)(H,52,62)(H,53,66)(H,54,67)(H,55,65)(H,56,57)(H,58,59)/t31-,32-,33-,34-,35-,39+/m0/s1. The molecule has 19 nitrogen and oxygen atoms in total. The Hall–Kier alpha value is -6.66. The maximum atomic E-state index is 14.5. The molecule has 0 radical (unpaired) electrons.